The molecular weight excluding hydrogens is 450 g/mol. The minimum Gasteiger partial charge on any atom is -0.491 e. The van der Waals surface area contributed by atoms with Crippen LogP contribution in [0, 0.1) is 6.57 Å². The van der Waals surface area contributed by atoms with Gasteiger partial charge in [-0.1, -0.05) is 66.2 Å². The van der Waals surface area contributed by atoms with Crippen LogP contribution < -0.4 is 9.64 Å². The van der Waals surface area contributed by atoms with Crippen molar-refractivity contribution in [1.82, 2.24) is 4.90 Å². The molecule has 6 nitrogen and oxygen atoms in total. The Morgan fingerprint density at radius 3 is 2.44 bits per heavy atom. The zero-order valence-corrected chi connectivity index (χ0v) is 19.6. The first-order valence-electron chi connectivity index (χ1n) is 11.3. The Morgan fingerprint density at radius 1 is 1.03 bits per heavy atom. The summed E-state index contributed by atoms with van der Waals surface area (Å²) in [7, 11) is 0. The van der Waals surface area contributed by atoms with Gasteiger partial charge in [0.05, 0.1) is 42.6 Å². The molecule has 0 aromatic heterocycles. The summed E-state index contributed by atoms with van der Waals surface area (Å²) < 4.78 is 5.51. The number of hydrogen-bond donors (Lipinski definition) is 2. The number of anilines is 1. The number of nitrogens with zero attached hydrogens (tertiary/aromatic N) is 3. The van der Waals surface area contributed by atoms with Gasteiger partial charge in [-0.05, 0) is 23.3 Å². The minimum absolute atomic E-state index is 0.00345. The zero-order chi connectivity index (χ0) is 23.9. The van der Waals surface area contributed by atoms with E-state index in [1.807, 2.05) is 42.5 Å². The van der Waals surface area contributed by atoms with Crippen molar-refractivity contribution in [2.75, 3.05) is 44.4 Å². The summed E-state index contributed by atoms with van der Waals surface area (Å²) in [6.07, 6.45) is 0. The van der Waals surface area contributed by atoms with Crippen molar-refractivity contribution in [2.24, 2.45) is 0 Å². The molecule has 0 spiro atoms. The summed E-state index contributed by atoms with van der Waals surface area (Å²) in [5, 5.41) is 19.9. The van der Waals surface area contributed by atoms with Crippen molar-refractivity contribution in [3.05, 3.63) is 100 Å². The van der Waals surface area contributed by atoms with Gasteiger partial charge < -0.3 is 19.8 Å². The number of aliphatic hydroxyl groups excluding tert-OH is 2. The minimum atomic E-state index is -0.155. The van der Waals surface area contributed by atoms with Crippen LogP contribution in [-0.4, -0.2) is 54.6 Å². The topological polar surface area (TPSA) is 60.5 Å². The molecule has 2 N–H and O–H groups in total. The third kappa shape index (κ3) is 5.35. The van der Waals surface area contributed by atoms with Gasteiger partial charge in [-0.15, -0.1) is 0 Å². The first-order valence-corrected chi connectivity index (χ1v) is 11.7. The molecule has 2 atom stereocenters. The van der Waals surface area contributed by atoms with Crippen LogP contribution in [0.2, 0.25) is 5.02 Å². The summed E-state index contributed by atoms with van der Waals surface area (Å²) in [5.41, 5.74) is 3.68. The van der Waals surface area contributed by atoms with E-state index in [4.69, 9.17) is 28.0 Å². The molecule has 1 aliphatic heterocycles. The van der Waals surface area contributed by atoms with E-state index in [-0.39, 0.29) is 31.9 Å². The number of benzene rings is 3. The van der Waals surface area contributed by atoms with E-state index in [1.165, 1.54) is 5.56 Å². The monoisotopic (exact) mass is 477 g/mol. The number of ether oxygens (including phenoxy) is 1. The number of aliphatic hydroxyl groups is 2. The Bertz CT molecular complexity index is 1120. The van der Waals surface area contributed by atoms with Gasteiger partial charge in [-0.2, -0.15) is 0 Å². The summed E-state index contributed by atoms with van der Waals surface area (Å²) in [6, 6.07) is 23.3. The first-order chi connectivity index (χ1) is 16.6. The van der Waals surface area contributed by atoms with Gasteiger partial charge in [-0.25, -0.2) is 4.85 Å². The van der Waals surface area contributed by atoms with Crippen LogP contribution in [0.15, 0.2) is 72.8 Å². The van der Waals surface area contributed by atoms with Crippen molar-refractivity contribution in [3.8, 4) is 5.75 Å². The van der Waals surface area contributed by atoms with Gasteiger partial charge in [0.15, 0.2) is 5.69 Å². The van der Waals surface area contributed by atoms with Crippen molar-refractivity contribution >= 4 is 23.0 Å². The number of rotatable bonds is 8. The molecule has 4 rings (SSSR count). The fourth-order valence-electron chi connectivity index (χ4n) is 4.51. The van der Waals surface area contributed by atoms with Crippen molar-refractivity contribution in [1.29, 1.82) is 0 Å². The van der Waals surface area contributed by atoms with Gasteiger partial charge in [0.25, 0.3) is 0 Å². The second kappa shape index (κ2) is 11.4. The van der Waals surface area contributed by atoms with Crippen LogP contribution >= 0.6 is 11.6 Å². The van der Waals surface area contributed by atoms with E-state index in [1.54, 1.807) is 18.2 Å². The normalized spacial score (nSPS) is 17.2. The van der Waals surface area contributed by atoms with E-state index < -0.39 is 0 Å². The Balaban J connectivity index is 1.62. The third-order valence-corrected chi connectivity index (χ3v) is 6.51. The SMILES string of the molecule is [C-]#[N+]c1ccc([C@H](CO)N2CCN(c3ccc(OCCO)cc3Cl)[C@H](c3ccccc3)C2)cc1. The van der Waals surface area contributed by atoms with Crippen LogP contribution in [0.1, 0.15) is 23.2 Å². The molecule has 34 heavy (non-hydrogen) atoms. The van der Waals surface area contributed by atoms with Gasteiger partial charge in [0.1, 0.15) is 12.4 Å². The second-order valence-electron chi connectivity index (χ2n) is 8.20. The molecule has 3 aromatic rings. The molecule has 0 unspecified atom stereocenters. The molecule has 0 bridgehead atoms. The van der Waals surface area contributed by atoms with E-state index in [2.05, 4.69) is 26.8 Å². The molecular formula is C27H28ClN3O3. The number of halogens is 1. The summed E-state index contributed by atoms with van der Waals surface area (Å²) in [4.78, 5) is 8.07. The fraction of sp³-hybridized carbons (Fsp3) is 0.296. The number of piperazine rings is 1. The molecule has 7 heteroatoms. The molecule has 0 amide bonds. The average molecular weight is 478 g/mol. The highest BCUT2D eigenvalue weighted by Crippen LogP contribution is 2.38. The second-order valence-corrected chi connectivity index (χ2v) is 8.61. The Morgan fingerprint density at radius 2 is 1.79 bits per heavy atom. The van der Waals surface area contributed by atoms with Crippen LogP contribution in [-0.2, 0) is 0 Å². The summed E-state index contributed by atoms with van der Waals surface area (Å²) in [6.45, 7) is 9.53. The Hall–Kier alpha value is -3.08. The predicted molar refractivity (Wildman–Crippen MR) is 135 cm³/mol. The zero-order valence-electron chi connectivity index (χ0n) is 18.8. The predicted octanol–water partition coefficient (Wildman–Crippen LogP) is 4.86. The van der Waals surface area contributed by atoms with Gasteiger partial charge in [-0.3, -0.25) is 4.90 Å². The highest BCUT2D eigenvalue weighted by Gasteiger charge is 2.33. The fourth-order valence-corrected chi connectivity index (χ4v) is 4.79. The lowest BCUT2D eigenvalue weighted by Crippen LogP contribution is -2.50. The maximum atomic E-state index is 10.3. The molecule has 1 heterocycles. The first kappa shape index (κ1) is 24.1. The smallest absolute Gasteiger partial charge is 0.187 e. The Labute approximate surface area is 205 Å². The lowest BCUT2D eigenvalue weighted by molar-refractivity contribution is 0.103. The quantitative estimate of drug-likeness (QED) is 0.454. The number of hydrogen-bond acceptors (Lipinski definition) is 5. The molecule has 0 saturated carbocycles. The van der Waals surface area contributed by atoms with E-state index in [0.29, 0.717) is 23.0 Å². The summed E-state index contributed by atoms with van der Waals surface area (Å²) in [5.74, 6) is 0.626. The maximum Gasteiger partial charge on any atom is 0.187 e. The van der Waals surface area contributed by atoms with Gasteiger partial charge in [0, 0.05) is 25.7 Å². The van der Waals surface area contributed by atoms with Crippen LogP contribution in [0.5, 0.6) is 5.75 Å². The largest absolute Gasteiger partial charge is 0.491 e. The molecule has 0 aliphatic carbocycles. The average Bonchev–Trinajstić information content (AvgIpc) is 2.89. The summed E-state index contributed by atoms with van der Waals surface area (Å²) >= 11 is 6.68. The van der Waals surface area contributed by atoms with Crippen LogP contribution in [0.3, 0.4) is 0 Å². The molecule has 1 aliphatic rings. The molecule has 176 valence electrons. The molecule has 3 aromatic carbocycles. The Kier molecular flexibility index (Phi) is 8.04. The molecule has 1 fully saturated rings. The van der Waals surface area contributed by atoms with Crippen molar-refractivity contribution in [3.63, 3.8) is 0 Å². The van der Waals surface area contributed by atoms with Gasteiger partial charge >= 0.3 is 0 Å². The maximum absolute atomic E-state index is 10.3. The standard InChI is InChI=1S/C27H28ClN3O3/c1-29-22-9-7-21(8-10-22)27(19-33)30-13-14-31(26(18-30)20-5-3-2-4-6-20)25-12-11-23(17-24(25)28)34-16-15-32/h2-12,17,26-27,32-33H,13-16,18-19H2/t26-,27-/m0/s1. The van der Waals surface area contributed by atoms with Gasteiger partial charge in [0.2, 0.25) is 0 Å². The molecule has 0 radical (unpaired) electrons. The van der Waals surface area contributed by atoms with Crippen LogP contribution in [0.25, 0.3) is 4.85 Å². The van der Waals surface area contributed by atoms with Crippen molar-refractivity contribution in [2.45, 2.75) is 12.1 Å². The van der Waals surface area contributed by atoms with Crippen molar-refractivity contribution < 1.29 is 14.9 Å². The highest BCUT2D eigenvalue weighted by atomic mass is 35.5. The van der Waals surface area contributed by atoms with E-state index in [0.717, 1.165) is 24.3 Å². The van der Waals surface area contributed by atoms with E-state index >= 15 is 0 Å². The third-order valence-electron chi connectivity index (χ3n) is 6.21. The highest BCUT2D eigenvalue weighted by molar-refractivity contribution is 6.33. The lowest BCUT2D eigenvalue weighted by Gasteiger charge is -2.46. The van der Waals surface area contributed by atoms with Crippen LogP contribution in [0.4, 0.5) is 11.4 Å². The lowest BCUT2D eigenvalue weighted by atomic mass is 9.98. The van der Waals surface area contributed by atoms with E-state index in [9.17, 15) is 5.11 Å². The molecule has 1 saturated heterocycles.